The number of anilines is 2. The van der Waals surface area contributed by atoms with Crippen LogP contribution in [0.2, 0.25) is 0 Å². The molecule has 11 heteroatoms. The minimum Gasteiger partial charge on any atom is -0.475 e. The number of pyridine rings is 1. The molecular formula is C24H27FN8O2. The van der Waals surface area contributed by atoms with E-state index in [2.05, 4.69) is 47.3 Å². The van der Waals surface area contributed by atoms with E-state index in [1.807, 2.05) is 6.92 Å². The smallest absolute Gasteiger partial charge is 0.246 e. The molecule has 4 heterocycles. The lowest BCUT2D eigenvalue weighted by Crippen LogP contribution is -2.45. The minimum atomic E-state index is -0.517. The summed E-state index contributed by atoms with van der Waals surface area (Å²) in [5, 5.41) is 10.9. The van der Waals surface area contributed by atoms with Crippen molar-refractivity contribution in [2.45, 2.75) is 6.92 Å². The zero-order valence-electron chi connectivity index (χ0n) is 19.7. The topological polar surface area (TPSA) is 104 Å². The summed E-state index contributed by atoms with van der Waals surface area (Å²) in [6.07, 6.45) is 2.97. The van der Waals surface area contributed by atoms with E-state index in [-0.39, 0.29) is 5.75 Å². The van der Waals surface area contributed by atoms with Crippen LogP contribution in [0.5, 0.6) is 17.4 Å². The number of H-pyrrole nitrogens is 1. The van der Waals surface area contributed by atoms with Crippen molar-refractivity contribution in [2.24, 2.45) is 0 Å². The molecule has 10 nitrogen and oxygen atoms in total. The van der Waals surface area contributed by atoms with Gasteiger partial charge in [-0.05, 0) is 38.2 Å². The van der Waals surface area contributed by atoms with Gasteiger partial charge in [-0.1, -0.05) is 0 Å². The van der Waals surface area contributed by atoms with Gasteiger partial charge in [0.2, 0.25) is 5.88 Å². The number of aromatic amines is 1. The Morgan fingerprint density at radius 3 is 2.71 bits per heavy atom. The summed E-state index contributed by atoms with van der Waals surface area (Å²) in [5.74, 6) is 0.921. The Balaban J connectivity index is 1.28. The molecule has 0 spiro atoms. The lowest BCUT2D eigenvalue weighted by molar-refractivity contribution is 0.133. The molecule has 0 unspecified atom stereocenters. The van der Waals surface area contributed by atoms with Crippen molar-refractivity contribution in [3.05, 3.63) is 54.4 Å². The number of ether oxygens (including phenoxy) is 2. The monoisotopic (exact) mass is 478 g/mol. The van der Waals surface area contributed by atoms with Crippen LogP contribution >= 0.6 is 0 Å². The molecule has 1 fully saturated rings. The van der Waals surface area contributed by atoms with Crippen molar-refractivity contribution >= 4 is 22.5 Å². The molecule has 3 aromatic heterocycles. The summed E-state index contributed by atoms with van der Waals surface area (Å²) >= 11 is 0. The minimum absolute atomic E-state index is 0.102. The fourth-order valence-corrected chi connectivity index (χ4v) is 3.81. The maximum Gasteiger partial charge on any atom is 0.246 e. The first-order chi connectivity index (χ1) is 17.0. The summed E-state index contributed by atoms with van der Waals surface area (Å²) in [6.45, 7) is 7.31. The van der Waals surface area contributed by atoms with Gasteiger partial charge in [0.25, 0.3) is 0 Å². The van der Waals surface area contributed by atoms with E-state index in [0.717, 1.165) is 38.4 Å². The van der Waals surface area contributed by atoms with Crippen LogP contribution in [-0.4, -0.2) is 81.3 Å². The van der Waals surface area contributed by atoms with E-state index in [1.54, 1.807) is 30.5 Å². The Bertz CT molecular complexity index is 1290. The molecular weight excluding hydrogens is 451 g/mol. The highest BCUT2D eigenvalue weighted by molar-refractivity contribution is 5.92. The van der Waals surface area contributed by atoms with E-state index < -0.39 is 5.82 Å². The van der Waals surface area contributed by atoms with Gasteiger partial charge in [-0.25, -0.2) is 14.4 Å². The third-order valence-corrected chi connectivity index (χ3v) is 5.87. The molecule has 1 aromatic carbocycles. The van der Waals surface area contributed by atoms with Crippen molar-refractivity contribution in [1.82, 2.24) is 34.9 Å². The van der Waals surface area contributed by atoms with Crippen LogP contribution in [0.1, 0.15) is 5.69 Å². The molecule has 1 aliphatic rings. The lowest BCUT2D eigenvalue weighted by atomic mass is 10.2. The fraction of sp³-hybridized carbons (Fsp3) is 0.333. The van der Waals surface area contributed by atoms with Crippen LogP contribution in [0.3, 0.4) is 0 Å². The summed E-state index contributed by atoms with van der Waals surface area (Å²) in [7, 11) is 2.13. The van der Waals surface area contributed by atoms with E-state index in [4.69, 9.17) is 9.47 Å². The predicted molar refractivity (Wildman–Crippen MR) is 130 cm³/mol. The molecule has 4 aromatic rings. The Morgan fingerprint density at radius 2 is 1.94 bits per heavy atom. The number of hydrogen-bond donors (Lipinski definition) is 2. The standard InChI is InChI=1S/C24H27FN8O2/c1-16-3-5-18(14-26-16)35-20-6-4-17(13-19(20)25)29-22-21-23(28-15-27-22)30-31-24(21)34-12-11-33-9-7-32(2)8-10-33/h3-6,13-15H,7-12H2,1-2H3,(H2,27,28,29,30,31). The number of halogens is 1. The number of aryl methyl sites for hydroxylation is 1. The zero-order chi connectivity index (χ0) is 24.2. The normalized spacial score (nSPS) is 14.8. The summed E-state index contributed by atoms with van der Waals surface area (Å²) in [5.41, 5.74) is 1.89. The number of hydrogen-bond acceptors (Lipinski definition) is 9. The quantitative estimate of drug-likeness (QED) is 0.394. The van der Waals surface area contributed by atoms with Crippen molar-refractivity contribution in [3.63, 3.8) is 0 Å². The van der Waals surface area contributed by atoms with Gasteiger partial charge in [-0.3, -0.25) is 15.0 Å². The average Bonchev–Trinajstić information content (AvgIpc) is 3.27. The third-order valence-electron chi connectivity index (χ3n) is 5.87. The number of aromatic nitrogens is 5. The number of nitrogens with zero attached hydrogens (tertiary/aromatic N) is 6. The van der Waals surface area contributed by atoms with Crippen LogP contribution < -0.4 is 14.8 Å². The van der Waals surface area contributed by atoms with Gasteiger partial charge < -0.3 is 19.7 Å². The van der Waals surface area contributed by atoms with E-state index in [0.29, 0.717) is 40.8 Å². The van der Waals surface area contributed by atoms with Crippen molar-refractivity contribution in [2.75, 3.05) is 51.7 Å². The first-order valence-electron chi connectivity index (χ1n) is 11.4. The van der Waals surface area contributed by atoms with Gasteiger partial charge in [0.05, 0.1) is 6.20 Å². The summed E-state index contributed by atoms with van der Waals surface area (Å²) in [4.78, 5) is 17.4. The summed E-state index contributed by atoms with van der Waals surface area (Å²) < 4.78 is 26.3. The number of benzene rings is 1. The number of rotatable bonds is 8. The van der Waals surface area contributed by atoms with Crippen LogP contribution in [0, 0.1) is 12.7 Å². The molecule has 0 radical (unpaired) electrons. The Labute approximate surface area is 202 Å². The van der Waals surface area contributed by atoms with E-state index in [9.17, 15) is 4.39 Å². The highest BCUT2D eigenvalue weighted by Crippen LogP contribution is 2.31. The van der Waals surface area contributed by atoms with Crippen LogP contribution in [0.4, 0.5) is 15.9 Å². The SMILES string of the molecule is Cc1ccc(Oc2ccc(Nc3ncnc4[nH]nc(OCCN5CCN(C)CC5)c34)cc2F)cn1. The maximum atomic E-state index is 14.7. The second-order valence-corrected chi connectivity index (χ2v) is 8.48. The van der Waals surface area contributed by atoms with Gasteiger partial charge in [0.15, 0.2) is 17.2 Å². The average molecular weight is 479 g/mol. The first-order valence-corrected chi connectivity index (χ1v) is 11.4. The second-order valence-electron chi connectivity index (χ2n) is 8.48. The molecule has 1 aliphatic heterocycles. The third kappa shape index (κ3) is 5.47. The van der Waals surface area contributed by atoms with Gasteiger partial charge >= 0.3 is 0 Å². The molecule has 0 atom stereocenters. The van der Waals surface area contributed by atoms with Crippen LogP contribution in [0.15, 0.2) is 42.9 Å². The van der Waals surface area contributed by atoms with Crippen molar-refractivity contribution in [1.29, 1.82) is 0 Å². The maximum absolute atomic E-state index is 14.7. The molecule has 0 amide bonds. The number of piperazine rings is 1. The lowest BCUT2D eigenvalue weighted by Gasteiger charge is -2.32. The Hall–Kier alpha value is -3.83. The van der Waals surface area contributed by atoms with Crippen molar-refractivity contribution in [3.8, 4) is 17.4 Å². The zero-order valence-corrected chi connectivity index (χ0v) is 19.7. The largest absolute Gasteiger partial charge is 0.475 e. The molecule has 0 aliphatic carbocycles. The van der Waals surface area contributed by atoms with Crippen molar-refractivity contribution < 1.29 is 13.9 Å². The second kappa shape index (κ2) is 10.2. The number of fused-ring (bicyclic) bond motifs is 1. The van der Waals surface area contributed by atoms with Crippen LogP contribution in [-0.2, 0) is 0 Å². The Morgan fingerprint density at radius 1 is 1.09 bits per heavy atom. The Kier molecular flexibility index (Phi) is 6.68. The molecule has 0 bridgehead atoms. The number of likely N-dealkylation sites (N-methyl/N-ethyl adjacent to an activating group) is 1. The molecule has 5 rings (SSSR count). The molecule has 0 saturated carbocycles. The van der Waals surface area contributed by atoms with Gasteiger partial charge in [0, 0.05) is 50.2 Å². The number of nitrogens with one attached hydrogen (secondary N) is 2. The van der Waals surface area contributed by atoms with E-state index in [1.165, 1.54) is 12.4 Å². The molecule has 2 N–H and O–H groups in total. The molecule has 182 valence electrons. The highest BCUT2D eigenvalue weighted by Gasteiger charge is 2.17. The van der Waals surface area contributed by atoms with E-state index >= 15 is 0 Å². The highest BCUT2D eigenvalue weighted by atomic mass is 19.1. The molecule has 35 heavy (non-hydrogen) atoms. The summed E-state index contributed by atoms with van der Waals surface area (Å²) in [6, 6.07) is 8.16. The predicted octanol–water partition coefficient (Wildman–Crippen LogP) is 3.36. The van der Waals surface area contributed by atoms with Gasteiger partial charge in [-0.15, -0.1) is 5.10 Å². The van der Waals surface area contributed by atoms with Gasteiger partial charge in [-0.2, -0.15) is 0 Å². The fourth-order valence-electron chi connectivity index (χ4n) is 3.81. The van der Waals surface area contributed by atoms with Crippen LogP contribution in [0.25, 0.3) is 11.0 Å². The molecule has 1 saturated heterocycles. The first kappa shape index (κ1) is 22.9. The van der Waals surface area contributed by atoms with Gasteiger partial charge in [0.1, 0.15) is 29.9 Å².